The Kier molecular flexibility index (Phi) is 5.57. The lowest BCUT2D eigenvalue weighted by molar-refractivity contribution is -0.138. The molecule has 3 saturated heterocycles. The van der Waals surface area contributed by atoms with Crippen molar-refractivity contribution in [2.24, 2.45) is 0 Å². The molecule has 0 aromatic rings. The first-order valence-electron chi connectivity index (χ1n) is 9.78. The highest BCUT2D eigenvalue weighted by molar-refractivity contribution is 5.76. The van der Waals surface area contributed by atoms with Crippen LogP contribution in [0.1, 0.15) is 38.5 Å². The Balaban J connectivity index is 1.22. The normalized spacial score (nSPS) is 39.1. The lowest BCUT2D eigenvalue weighted by Gasteiger charge is -2.28. The molecule has 1 saturated carbocycles. The highest BCUT2D eigenvalue weighted by Crippen LogP contribution is 2.35. The van der Waals surface area contributed by atoms with Gasteiger partial charge in [-0.05, 0) is 12.8 Å². The van der Waals surface area contributed by atoms with E-state index in [9.17, 15) is 9.90 Å². The quantitative estimate of drug-likeness (QED) is 0.726. The number of aliphatic hydroxyl groups excluding tert-OH is 1. The summed E-state index contributed by atoms with van der Waals surface area (Å²) in [6.45, 7) is 3.22. The van der Waals surface area contributed by atoms with Crippen molar-refractivity contribution in [2.45, 2.75) is 75.1 Å². The van der Waals surface area contributed by atoms with Gasteiger partial charge in [-0.25, -0.2) is 0 Å². The third kappa shape index (κ3) is 4.01. The number of ether oxygens (including phenoxy) is 3. The maximum atomic E-state index is 12.3. The predicted octanol–water partition coefficient (Wildman–Crippen LogP) is 0.0533. The van der Waals surface area contributed by atoms with Gasteiger partial charge in [0.1, 0.15) is 12.2 Å². The Bertz CT molecular complexity index is 464. The number of nitrogens with zero attached hydrogens (tertiary/aromatic N) is 1. The topological polar surface area (TPSA) is 80.3 Å². The molecular weight excluding hydrogens is 324 g/mol. The van der Waals surface area contributed by atoms with Crippen LogP contribution in [0.2, 0.25) is 0 Å². The fourth-order valence-corrected chi connectivity index (χ4v) is 4.56. The van der Waals surface area contributed by atoms with Crippen LogP contribution in [0.25, 0.3) is 0 Å². The van der Waals surface area contributed by atoms with E-state index in [-0.39, 0.29) is 30.3 Å². The molecule has 0 aromatic heterocycles. The minimum absolute atomic E-state index is 0.0899. The van der Waals surface area contributed by atoms with Gasteiger partial charge in [-0.2, -0.15) is 0 Å². The standard InChI is InChI=1S/C18H30N2O5/c21-16(20-5-7-23-8-6-20)10-13-9-14-18(24-13)17(22)15(25-14)11-19-12-3-1-2-4-12/h12-15,17-19,22H,1-11H2. The summed E-state index contributed by atoms with van der Waals surface area (Å²) in [6, 6.07) is 0.566. The van der Waals surface area contributed by atoms with Crippen LogP contribution in [0.3, 0.4) is 0 Å². The Morgan fingerprint density at radius 3 is 2.64 bits per heavy atom. The number of aliphatic hydroxyl groups is 1. The Morgan fingerprint density at radius 1 is 1.16 bits per heavy atom. The fourth-order valence-electron chi connectivity index (χ4n) is 4.56. The molecule has 3 heterocycles. The number of fused-ring (bicyclic) bond motifs is 1. The van der Waals surface area contributed by atoms with Crippen molar-refractivity contribution < 1.29 is 24.1 Å². The van der Waals surface area contributed by atoms with E-state index in [0.29, 0.717) is 51.7 Å². The molecule has 1 amide bonds. The fraction of sp³-hybridized carbons (Fsp3) is 0.944. The Labute approximate surface area is 149 Å². The number of carbonyl (C=O) groups excluding carboxylic acids is 1. The maximum Gasteiger partial charge on any atom is 0.225 e. The molecule has 2 N–H and O–H groups in total. The molecule has 4 aliphatic rings. The largest absolute Gasteiger partial charge is 0.388 e. The number of nitrogens with one attached hydrogen (secondary N) is 1. The molecule has 25 heavy (non-hydrogen) atoms. The predicted molar refractivity (Wildman–Crippen MR) is 90.2 cm³/mol. The molecule has 7 heteroatoms. The smallest absolute Gasteiger partial charge is 0.225 e. The minimum Gasteiger partial charge on any atom is -0.388 e. The number of hydrogen-bond donors (Lipinski definition) is 2. The molecule has 7 nitrogen and oxygen atoms in total. The Morgan fingerprint density at radius 2 is 1.92 bits per heavy atom. The van der Waals surface area contributed by atoms with E-state index < -0.39 is 6.10 Å². The molecule has 5 atom stereocenters. The van der Waals surface area contributed by atoms with Gasteiger partial charge in [-0.3, -0.25) is 4.79 Å². The number of amides is 1. The lowest BCUT2D eigenvalue weighted by Crippen LogP contribution is -2.43. The van der Waals surface area contributed by atoms with E-state index in [0.717, 1.165) is 0 Å². The van der Waals surface area contributed by atoms with Gasteiger partial charge >= 0.3 is 0 Å². The minimum atomic E-state index is -0.609. The highest BCUT2D eigenvalue weighted by Gasteiger charge is 2.50. The van der Waals surface area contributed by atoms with Crippen LogP contribution in [0.4, 0.5) is 0 Å². The van der Waals surface area contributed by atoms with Gasteiger partial charge < -0.3 is 29.5 Å². The van der Waals surface area contributed by atoms with Gasteiger partial charge in [0.25, 0.3) is 0 Å². The van der Waals surface area contributed by atoms with E-state index in [1.165, 1.54) is 25.7 Å². The Hall–Kier alpha value is -0.730. The van der Waals surface area contributed by atoms with Gasteiger partial charge in [-0.15, -0.1) is 0 Å². The number of carbonyl (C=O) groups is 1. The molecule has 5 unspecified atom stereocenters. The first-order valence-corrected chi connectivity index (χ1v) is 9.78. The zero-order valence-electron chi connectivity index (χ0n) is 14.8. The second-order valence-electron chi connectivity index (χ2n) is 7.75. The van der Waals surface area contributed by atoms with Gasteiger partial charge in [-0.1, -0.05) is 12.8 Å². The number of rotatable bonds is 5. The summed E-state index contributed by atoms with van der Waals surface area (Å²) < 4.78 is 17.3. The third-order valence-electron chi connectivity index (χ3n) is 6.01. The zero-order chi connectivity index (χ0) is 17.2. The van der Waals surface area contributed by atoms with Crippen molar-refractivity contribution in [1.29, 1.82) is 0 Å². The highest BCUT2D eigenvalue weighted by atomic mass is 16.6. The molecule has 0 bridgehead atoms. The summed E-state index contributed by atoms with van der Waals surface area (Å²) in [5.41, 5.74) is 0. The van der Waals surface area contributed by atoms with Crippen molar-refractivity contribution in [3.05, 3.63) is 0 Å². The van der Waals surface area contributed by atoms with Crippen LogP contribution in [-0.2, 0) is 19.0 Å². The van der Waals surface area contributed by atoms with Crippen LogP contribution in [0.5, 0.6) is 0 Å². The first kappa shape index (κ1) is 17.7. The lowest BCUT2D eigenvalue weighted by atomic mass is 10.1. The van der Waals surface area contributed by atoms with Crippen molar-refractivity contribution >= 4 is 5.91 Å². The average molecular weight is 354 g/mol. The molecule has 0 aromatic carbocycles. The average Bonchev–Trinajstić information content (AvgIpc) is 3.33. The summed E-state index contributed by atoms with van der Waals surface area (Å²) in [6.07, 6.45) is 4.74. The van der Waals surface area contributed by atoms with E-state index >= 15 is 0 Å². The van der Waals surface area contributed by atoms with E-state index in [1.807, 2.05) is 4.90 Å². The number of hydrogen-bond acceptors (Lipinski definition) is 6. The van der Waals surface area contributed by atoms with Crippen molar-refractivity contribution in [3.8, 4) is 0 Å². The molecule has 4 rings (SSSR count). The second kappa shape index (κ2) is 7.88. The van der Waals surface area contributed by atoms with Crippen molar-refractivity contribution in [1.82, 2.24) is 10.2 Å². The van der Waals surface area contributed by atoms with Crippen LogP contribution in [0, 0.1) is 0 Å². The number of morpholine rings is 1. The SMILES string of the molecule is O=C(CC1CC2OC(CNC3CCCC3)C(O)C2O1)N1CCOCC1. The molecule has 142 valence electrons. The van der Waals surface area contributed by atoms with Crippen LogP contribution in [0.15, 0.2) is 0 Å². The van der Waals surface area contributed by atoms with E-state index in [1.54, 1.807) is 0 Å². The third-order valence-corrected chi connectivity index (χ3v) is 6.01. The summed E-state index contributed by atoms with van der Waals surface area (Å²) in [5.74, 6) is 0.113. The molecule has 4 fully saturated rings. The van der Waals surface area contributed by atoms with E-state index in [2.05, 4.69) is 5.32 Å². The monoisotopic (exact) mass is 354 g/mol. The first-order chi connectivity index (χ1) is 12.2. The van der Waals surface area contributed by atoms with Gasteiger partial charge in [0, 0.05) is 32.1 Å². The van der Waals surface area contributed by atoms with Gasteiger partial charge in [0.2, 0.25) is 5.91 Å². The molecule has 0 spiro atoms. The molecular formula is C18H30N2O5. The van der Waals surface area contributed by atoms with E-state index in [4.69, 9.17) is 14.2 Å². The molecule has 0 radical (unpaired) electrons. The van der Waals surface area contributed by atoms with Crippen LogP contribution < -0.4 is 5.32 Å². The van der Waals surface area contributed by atoms with Crippen LogP contribution in [-0.4, -0.2) is 85.3 Å². The second-order valence-corrected chi connectivity index (χ2v) is 7.75. The molecule has 3 aliphatic heterocycles. The summed E-state index contributed by atoms with van der Waals surface area (Å²) in [4.78, 5) is 14.2. The van der Waals surface area contributed by atoms with Gasteiger partial charge in [0.15, 0.2) is 0 Å². The maximum absolute atomic E-state index is 12.3. The summed E-state index contributed by atoms with van der Waals surface area (Å²) in [5, 5.41) is 14.0. The van der Waals surface area contributed by atoms with Crippen LogP contribution >= 0.6 is 0 Å². The van der Waals surface area contributed by atoms with Crippen molar-refractivity contribution in [3.63, 3.8) is 0 Å². The van der Waals surface area contributed by atoms with Gasteiger partial charge in [0.05, 0.1) is 37.9 Å². The summed E-state index contributed by atoms with van der Waals surface area (Å²) >= 11 is 0. The zero-order valence-corrected chi connectivity index (χ0v) is 14.8. The van der Waals surface area contributed by atoms with Crippen molar-refractivity contribution in [2.75, 3.05) is 32.8 Å². The summed E-state index contributed by atoms with van der Waals surface area (Å²) in [7, 11) is 0. The molecule has 1 aliphatic carbocycles.